The number of thioether (sulfide) groups is 1. The van der Waals surface area contributed by atoms with Crippen molar-refractivity contribution in [1.82, 2.24) is 10.2 Å². The number of thiophene rings is 1. The van der Waals surface area contributed by atoms with Crippen molar-refractivity contribution in [2.45, 2.75) is 38.1 Å². The molecule has 1 unspecified atom stereocenters. The monoisotopic (exact) mass is 513 g/mol. The maximum absolute atomic E-state index is 13.3. The third-order valence-corrected chi connectivity index (χ3v) is 7.78. The standard InChI is InChI=1S/C27H35N3O3S2/c1-34-27-28-22(20-32-18-16-30-14-6-3-7-15-30)24(25(29-27)23-13-9-19-35-23)26(31)33-17-8-12-21-10-4-2-5-11-21/h2,4-5,9-11,13,19,25H,3,6-8,12,14-18,20H2,1H3,(H,28,29). The first-order valence-electron chi connectivity index (χ1n) is 12.4. The normalized spacial score (nSPS) is 18.8. The number of amidine groups is 1. The summed E-state index contributed by atoms with van der Waals surface area (Å²) in [6.45, 7) is 4.56. The van der Waals surface area contributed by atoms with Crippen molar-refractivity contribution in [3.63, 3.8) is 0 Å². The number of rotatable bonds is 11. The molecule has 2 aliphatic heterocycles. The molecule has 1 aromatic heterocycles. The van der Waals surface area contributed by atoms with Crippen LogP contribution in [0.25, 0.3) is 0 Å². The Labute approximate surface area is 216 Å². The van der Waals surface area contributed by atoms with Gasteiger partial charge in [0.2, 0.25) is 0 Å². The molecular formula is C27H35N3O3S2. The van der Waals surface area contributed by atoms with E-state index in [-0.39, 0.29) is 12.0 Å². The molecule has 1 atom stereocenters. The molecule has 1 saturated heterocycles. The van der Waals surface area contributed by atoms with Gasteiger partial charge in [0.15, 0.2) is 5.17 Å². The molecule has 0 spiro atoms. The molecule has 35 heavy (non-hydrogen) atoms. The number of carbonyl (C=O) groups is 1. The number of piperidine rings is 1. The third-order valence-electron chi connectivity index (χ3n) is 6.26. The van der Waals surface area contributed by atoms with Gasteiger partial charge in [-0.1, -0.05) is 54.6 Å². The van der Waals surface area contributed by atoms with Crippen molar-refractivity contribution in [3.05, 3.63) is 69.6 Å². The smallest absolute Gasteiger partial charge is 0.338 e. The van der Waals surface area contributed by atoms with E-state index in [1.54, 1.807) is 11.3 Å². The summed E-state index contributed by atoms with van der Waals surface area (Å²) < 4.78 is 11.8. The van der Waals surface area contributed by atoms with E-state index >= 15 is 0 Å². The molecule has 6 nitrogen and oxygen atoms in total. The minimum Gasteiger partial charge on any atom is -0.462 e. The van der Waals surface area contributed by atoms with Gasteiger partial charge in [-0.05, 0) is 62.0 Å². The second-order valence-corrected chi connectivity index (χ2v) is 10.5. The number of likely N-dealkylation sites (tertiary alicyclic amines) is 1. The minimum atomic E-state index is -0.374. The van der Waals surface area contributed by atoms with E-state index in [0.29, 0.717) is 25.4 Å². The van der Waals surface area contributed by atoms with Gasteiger partial charge >= 0.3 is 5.97 Å². The molecule has 0 amide bonds. The van der Waals surface area contributed by atoms with Crippen LogP contribution in [-0.2, 0) is 20.7 Å². The summed E-state index contributed by atoms with van der Waals surface area (Å²) in [7, 11) is 0. The molecule has 1 N–H and O–H groups in total. The summed E-state index contributed by atoms with van der Waals surface area (Å²) in [5, 5.41) is 6.15. The minimum absolute atomic E-state index is 0.317. The number of hydrogen-bond acceptors (Lipinski definition) is 8. The first-order chi connectivity index (χ1) is 17.2. The van der Waals surface area contributed by atoms with E-state index in [9.17, 15) is 4.79 Å². The predicted octanol–water partition coefficient (Wildman–Crippen LogP) is 5.04. The van der Waals surface area contributed by atoms with Crippen LogP contribution < -0.4 is 5.32 Å². The van der Waals surface area contributed by atoms with Crippen LogP contribution in [0.1, 0.15) is 42.2 Å². The van der Waals surface area contributed by atoms with E-state index in [4.69, 9.17) is 14.5 Å². The van der Waals surface area contributed by atoms with Crippen molar-refractivity contribution in [3.8, 4) is 0 Å². The highest BCUT2D eigenvalue weighted by Crippen LogP contribution is 2.35. The first-order valence-corrected chi connectivity index (χ1v) is 14.5. The van der Waals surface area contributed by atoms with Gasteiger partial charge in [0, 0.05) is 11.4 Å². The molecule has 1 fully saturated rings. The van der Waals surface area contributed by atoms with Gasteiger partial charge in [0.05, 0.1) is 31.1 Å². The molecule has 0 bridgehead atoms. The van der Waals surface area contributed by atoms with Gasteiger partial charge in [-0.2, -0.15) is 0 Å². The lowest BCUT2D eigenvalue weighted by Crippen LogP contribution is -2.35. The second-order valence-electron chi connectivity index (χ2n) is 8.75. The number of benzene rings is 1. The van der Waals surface area contributed by atoms with Gasteiger partial charge in [0.25, 0.3) is 0 Å². The highest BCUT2D eigenvalue weighted by Gasteiger charge is 2.32. The average Bonchev–Trinajstić information content (AvgIpc) is 3.45. The molecule has 0 aliphatic carbocycles. The van der Waals surface area contributed by atoms with E-state index in [2.05, 4.69) is 22.3 Å². The Kier molecular flexibility index (Phi) is 10.2. The molecule has 4 rings (SSSR count). The van der Waals surface area contributed by atoms with Crippen LogP contribution in [0.3, 0.4) is 0 Å². The largest absolute Gasteiger partial charge is 0.462 e. The Morgan fingerprint density at radius 3 is 2.71 bits per heavy atom. The van der Waals surface area contributed by atoms with Crippen molar-refractivity contribution in [2.24, 2.45) is 4.99 Å². The molecule has 3 heterocycles. The highest BCUT2D eigenvalue weighted by molar-refractivity contribution is 8.13. The third kappa shape index (κ3) is 7.67. The van der Waals surface area contributed by atoms with Gasteiger partial charge in [-0.25, -0.2) is 9.79 Å². The van der Waals surface area contributed by atoms with Gasteiger partial charge in [-0.15, -0.1) is 11.3 Å². The molecule has 188 valence electrons. The lowest BCUT2D eigenvalue weighted by Gasteiger charge is -2.28. The van der Waals surface area contributed by atoms with Crippen LogP contribution in [0.15, 0.2) is 64.1 Å². The average molecular weight is 514 g/mol. The molecule has 0 saturated carbocycles. The number of hydrogen-bond donors (Lipinski definition) is 1. The number of ether oxygens (including phenoxy) is 2. The van der Waals surface area contributed by atoms with Crippen molar-refractivity contribution in [1.29, 1.82) is 0 Å². The van der Waals surface area contributed by atoms with E-state index in [1.165, 1.54) is 36.6 Å². The fourth-order valence-electron chi connectivity index (χ4n) is 4.40. The van der Waals surface area contributed by atoms with E-state index in [1.807, 2.05) is 42.0 Å². The van der Waals surface area contributed by atoms with Crippen LogP contribution in [0.4, 0.5) is 0 Å². The van der Waals surface area contributed by atoms with Gasteiger partial charge in [-0.3, -0.25) is 0 Å². The number of esters is 1. The number of nitrogens with one attached hydrogen (secondary N) is 1. The zero-order valence-electron chi connectivity index (χ0n) is 20.4. The van der Waals surface area contributed by atoms with Crippen LogP contribution in [0.5, 0.6) is 0 Å². The summed E-state index contributed by atoms with van der Waals surface area (Å²) in [6, 6.07) is 13.9. The Bertz CT molecular complexity index is 986. The summed E-state index contributed by atoms with van der Waals surface area (Å²) >= 11 is 3.14. The Morgan fingerprint density at radius 2 is 1.97 bits per heavy atom. The topological polar surface area (TPSA) is 63.2 Å². The van der Waals surface area contributed by atoms with Crippen molar-refractivity contribution < 1.29 is 14.3 Å². The van der Waals surface area contributed by atoms with Crippen molar-refractivity contribution in [2.75, 3.05) is 45.7 Å². The van der Waals surface area contributed by atoms with E-state index < -0.39 is 0 Å². The molecule has 0 radical (unpaired) electrons. The van der Waals surface area contributed by atoms with Crippen LogP contribution in [0, 0.1) is 0 Å². The number of aryl methyl sites for hydroxylation is 1. The predicted molar refractivity (Wildman–Crippen MR) is 145 cm³/mol. The maximum atomic E-state index is 13.3. The number of carbonyl (C=O) groups excluding carboxylic acids is 1. The summed E-state index contributed by atoms with van der Waals surface area (Å²) in [5.41, 5.74) is 2.56. The Hall–Kier alpha value is -2.13. The quantitative estimate of drug-likeness (QED) is 0.335. The number of nitrogens with zero attached hydrogens (tertiary/aromatic N) is 2. The second kappa shape index (κ2) is 13.8. The van der Waals surface area contributed by atoms with Crippen molar-refractivity contribution >= 4 is 34.2 Å². The van der Waals surface area contributed by atoms with Gasteiger partial charge < -0.3 is 19.7 Å². The molecular weight excluding hydrogens is 478 g/mol. The van der Waals surface area contributed by atoms with Gasteiger partial charge in [0.1, 0.15) is 6.04 Å². The maximum Gasteiger partial charge on any atom is 0.338 e. The molecule has 2 aromatic rings. The summed E-state index contributed by atoms with van der Waals surface area (Å²) in [6.07, 6.45) is 7.50. The lowest BCUT2D eigenvalue weighted by molar-refractivity contribution is -0.139. The molecule has 8 heteroatoms. The zero-order chi connectivity index (χ0) is 24.3. The van der Waals surface area contributed by atoms with Crippen LogP contribution >= 0.6 is 23.1 Å². The molecule has 2 aliphatic rings. The molecule has 1 aromatic carbocycles. The van der Waals surface area contributed by atoms with Crippen LogP contribution in [-0.4, -0.2) is 61.7 Å². The fraction of sp³-hybridized carbons (Fsp3) is 0.481. The fourth-order valence-corrected chi connectivity index (χ4v) is 5.60. The lowest BCUT2D eigenvalue weighted by atomic mass is 10.0. The SMILES string of the molecule is CSC1=NC(c2cccs2)C(C(=O)OCCCc2ccccc2)=C(COCCN2CCCCC2)N1. The first kappa shape index (κ1) is 25.9. The Morgan fingerprint density at radius 1 is 1.14 bits per heavy atom. The van der Waals surface area contributed by atoms with E-state index in [0.717, 1.165) is 48.2 Å². The highest BCUT2D eigenvalue weighted by atomic mass is 32.2. The summed E-state index contributed by atoms with van der Waals surface area (Å²) in [4.78, 5) is 21.7. The van der Waals surface area contributed by atoms with Crippen LogP contribution in [0.2, 0.25) is 0 Å². The summed E-state index contributed by atoms with van der Waals surface area (Å²) in [5.74, 6) is -0.317. The number of aliphatic imine (C=N–C) groups is 1. The Balaban J connectivity index is 1.41. The zero-order valence-corrected chi connectivity index (χ0v) is 22.0.